The van der Waals surface area contributed by atoms with Crippen LogP contribution in [0.15, 0.2) is 104 Å². The number of aryl methyl sites for hydroxylation is 1. The Morgan fingerprint density at radius 1 is 0.883 bits per heavy atom. The molecule has 0 saturated carbocycles. The Morgan fingerprint density at radius 2 is 1.60 bits per heavy atom. The number of rotatable bonds is 14. The molecule has 0 spiro atoms. The Balaban J connectivity index is 1.06. The molecule has 2 atom stereocenters. The van der Waals surface area contributed by atoms with Gasteiger partial charge >= 0.3 is 0 Å². The van der Waals surface area contributed by atoms with Crippen LogP contribution in [0.3, 0.4) is 0 Å². The third-order valence-electron chi connectivity index (χ3n) is 12.0. The van der Waals surface area contributed by atoms with Gasteiger partial charge < -0.3 is 24.3 Å². The second-order valence-electron chi connectivity index (χ2n) is 16.1. The number of hydrogen-bond donors (Lipinski definition) is 0. The Labute approximate surface area is 350 Å². The van der Waals surface area contributed by atoms with E-state index in [0.717, 1.165) is 37.3 Å². The van der Waals surface area contributed by atoms with Crippen LogP contribution in [0.4, 0.5) is 14.6 Å². The van der Waals surface area contributed by atoms with Gasteiger partial charge in [0.15, 0.2) is 11.6 Å². The second-order valence-corrected chi connectivity index (χ2v) is 16.1. The summed E-state index contributed by atoms with van der Waals surface area (Å²) >= 11 is 0. The predicted molar refractivity (Wildman–Crippen MR) is 223 cm³/mol. The van der Waals surface area contributed by atoms with Crippen LogP contribution >= 0.6 is 0 Å². The minimum absolute atomic E-state index is 0.000871. The summed E-state index contributed by atoms with van der Waals surface area (Å²) in [4.78, 5) is 57.6. The zero-order valence-electron chi connectivity index (χ0n) is 34.0. The number of hydrogen-bond acceptors (Lipinski definition) is 9. The largest absolute Gasteiger partial charge is 0.489 e. The topological polar surface area (TPSA) is 96.0 Å². The first kappa shape index (κ1) is 41.1. The lowest BCUT2D eigenvalue weighted by Crippen LogP contribution is -2.76. The maximum Gasteiger partial charge on any atom is 0.246 e. The molecular weight excluding hydrogens is 767 g/mol. The standard InChI is InChI=1S/C46H52F2N8O4/c1-3-20-54-31-44(58)55-41(25-35-15-17-38(26-40(35)48)60-32-34-12-8-5-9-13-34)46(59)53(30-42(55)56(54)43(57)19-14-33-10-6-4-7-11-33)27-36-16-18-39(47)45(49-36)52-28-37(29-52)51-23-21-50(2)22-24-51/h3-13,15-18,26,37,41-42H,1,14,19-25,27-32H2,2H3/t41-,42?/m0/s1. The normalized spacial score (nSPS) is 20.6. The fourth-order valence-corrected chi connectivity index (χ4v) is 8.67. The number of fused-ring (bicyclic) bond motifs is 1. The third-order valence-corrected chi connectivity index (χ3v) is 12.0. The van der Waals surface area contributed by atoms with Crippen molar-refractivity contribution in [2.24, 2.45) is 0 Å². The molecule has 5 heterocycles. The number of anilines is 1. The highest BCUT2D eigenvalue weighted by Crippen LogP contribution is 2.32. The van der Waals surface area contributed by atoms with Crippen molar-refractivity contribution >= 4 is 23.5 Å². The summed E-state index contributed by atoms with van der Waals surface area (Å²) in [6.45, 7) is 9.40. The smallest absolute Gasteiger partial charge is 0.246 e. The van der Waals surface area contributed by atoms with E-state index in [1.807, 2.05) is 65.6 Å². The van der Waals surface area contributed by atoms with Crippen molar-refractivity contribution in [3.63, 3.8) is 0 Å². The number of carbonyl (C=O) groups is 3. The molecule has 0 aliphatic carbocycles. The van der Waals surface area contributed by atoms with Crippen LogP contribution in [-0.4, -0.2) is 137 Å². The summed E-state index contributed by atoms with van der Waals surface area (Å²) in [7, 11) is 2.12. The molecule has 4 aliphatic heterocycles. The van der Waals surface area contributed by atoms with E-state index in [1.165, 1.54) is 17.0 Å². The van der Waals surface area contributed by atoms with Crippen LogP contribution in [-0.2, 0) is 40.4 Å². The predicted octanol–water partition coefficient (Wildman–Crippen LogP) is 4.36. The minimum atomic E-state index is -1.14. The fourth-order valence-electron chi connectivity index (χ4n) is 8.67. The minimum Gasteiger partial charge on any atom is -0.489 e. The number of piperazine rings is 2. The van der Waals surface area contributed by atoms with Gasteiger partial charge in [0, 0.05) is 70.8 Å². The molecule has 8 rings (SSSR count). The molecule has 60 heavy (non-hydrogen) atoms. The van der Waals surface area contributed by atoms with Crippen molar-refractivity contribution in [2.75, 3.05) is 70.9 Å². The summed E-state index contributed by atoms with van der Waals surface area (Å²) in [6, 6.07) is 25.9. The molecule has 3 amide bonds. The molecule has 1 aromatic heterocycles. The maximum absolute atomic E-state index is 16.0. The number of ether oxygens (including phenoxy) is 1. The molecule has 0 N–H and O–H groups in total. The molecular formula is C46H52F2N8O4. The van der Waals surface area contributed by atoms with Crippen LogP contribution in [0.25, 0.3) is 0 Å². The summed E-state index contributed by atoms with van der Waals surface area (Å²) in [6.07, 6.45) is 1.23. The highest BCUT2D eigenvalue weighted by atomic mass is 19.1. The Morgan fingerprint density at radius 3 is 2.30 bits per heavy atom. The van der Waals surface area contributed by atoms with E-state index in [0.29, 0.717) is 37.0 Å². The van der Waals surface area contributed by atoms with Gasteiger partial charge in [-0.1, -0.05) is 72.8 Å². The summed E-state index contributed by atoms with van der Waals surface area (Å²) in [5, 5.41) is 3.25. The van der Waals surface area contributed by atoms with E-state index < -0.39 is 29.7 Å². The first-order valence-electron chi connectivity index (χ1n) is 20.7. The first-order chi connectivity index (χ1) is 29.1. The number of likely N-dealkylation sites (N-methyl/N-ethyl adjacent to an activating group) is 1. The zero-order chi connectivity index (χ0) is 41.8. The van der Waals surface area contributed by atoms with Gasteiger partial charge in [0.25, 0.3) is 0 Å². The van der Waals surface area contributed by atoms with E-state index in [4.69, 9.17) is 9.72 Å². The first-order valence-corrected chi connectivity index (χ1v) is 20.7. The molecule has 4 fully saturated rings. The number of benzene rings is 3. The number of halogens is 2. The van der Waals surface area contributed by atoms with Gasteiger partial charge in [-0.25, -0.2) is 23.8 Å². The lowest BCUT2D eigenvalue weighted by Gasteiger charge is -2.55. The van der Waals surface area contributed by atoms with Crippen LogP contribution in [0.5, 0.6) is 5.75 Å². The van der Waals surface area contributed by atoms with Gasteiger partial charge in [0.1, 0.15) is 30.4 Å². The van der Waals surface area contributed by atoms with E-state index in [1.54, 1.807) is 39.2 Å². The number of amides is 3. The van der Waals surface area contributed by atoms with Crippen molar-refractivity contribution in [3.8, 4) is 5.75 Å². The van der Waals surface area contributed by atoms with Crippen LogP contribution in [0.2, 0.25) is 0 Å². The lowest BCUT2D eigenvalue weighted by atomic mass is 9.97. The molecule has 12 nitrogen and oxygen atoms in total. The highest BCUT2D eigenvalue weighted by molar-refractivity contribution is 5.92. The quantitative estimate of drug-likeness (QED) is 0.172. The van der Waals surface area contributed by atoms with Crippen LogP contribution < -0.4 is 9.64 Å². The summed E-state index contributed by atoms with van der Waals surface area (Å²) < 4.78 is 37.2. The van der Waals surface area contributed by atoms with Crippen molar-refractivity contribution in [1.29, 1.82) is 0 Å². The molecule has 4 aliphatic rings. The summed E-state index contributed by atoms with van der Waals surface area (Å²) in [5.74, 6) is -1.45. The highest BCUT2D eigenvalue weighted by Gasteiger charge is 2.51. The monoisotopic (exact) mass is 818 g/mol. The number of aromatic nitrogens is 1. The molecule has 1 unspecified atom stereocenters. The molecule has 314 valence electrons. The van der Waals surface area contributed by atoms with Gasteiger partial charge in [-0.2, -0.15) is 0 Å². The molecule has 0 bridgehead atoms. The average Bonchev–Trinajstić information content (AvgIpc) is 3.23. The van der Waals surface area contributed by atoms with E-state index in [-0.39, 0.29) is 68.8 Å². The Bertz CT molecular complexity index is 2170. The van der Waals surface area contributed by atoms with E-state index in [2.05, 4.69) is 23.4 Å². The third kappa shape index (κ3) is 9.05. The molecule has 14 heteroatoms. The van der Waals surface area contributed by atoms with Gasteiger partial charge in [-0.05, 0) is 48.4 Å². The zero-order valence-corrected chi connectivity index (χ0v) is 34.0. The number of carbonyl (C=O) groups excluding carboxylic acids is 3. The average molecular weight is 819 g/mol. The van der Waals surface area contributed by atoms with Gasteiger partial charge in [-0.15, -0.1) is 6.58 Å². The van der Waals surface area contributed by atoms with Gasteiger partial charge in [0.05, 0.1) is 25.3 Å². The SMILES string of the molecule is C=CCN1CC(=O)N2C(CN(Cc3ccc(F)c(N4CC(N5CCN(C)CC5)C4)n3)C(=O)[C@@H]2Cc2ccc(OCc3ccccc3)cc2F)N1C(=O)CCc1ccccc1. The van der Waals surface area contributed by atoms with Crippen molar-refractivity contribution in [1.82, 2.24) is 34.6 Å². The van der Waals surface area contributed by atoms with Crippen LogP contribution in [0, 0.1) is 11.6 Å². The summed E-state index contributed by atoms with van der Waals surface area (Å²) in [5.41, 5.74) is 2.61. The van der Waals surface area contributed by atoms with Crippen molar-refractivity contribution in [2.45, 2.75) is 50.7 Å². The molecule has 4 saturated heterocycles. The van der Waals surface area contributed by atoms with Crippen molar-refractivity contribution in [3.05, 3.63) is 138 Å². The Hall–Kier alpha value is -5.70. The molecule has 4 aromatic rings. The molecule has 0 radical (unpaired) electrons. The van der Waals surface area contributed by atoms with Gasteiger partial charge in [-0.3, -0.25) is 19.3 Å². The number of pyridine rings is 1. The maximum atomic E-state index is 16.0. The van der Waals surface area contributed by atoms with Crippen LogP contribution in [0.1, 0.15) is 28.8 Å². The second kappa shape index (κ2) is 18.3. The van der Waals surface area contributed by atoms with Crippen molar-refractivity contribution < 1.29 is 27.9 Å². The van der Waals surface area contributed by atoms with E-state index in [9.17, 15) is 14.4 Å². The fraction of sp³-hybridized carbons (Fsp3) is 0.391. The molecule has 3 aromatic carbocycles. The number of hydrazine groups is 1. The van der Waals surface area contributed by atoms with Gasteiger partial charge in [0.2, 0.25) is 17.7 Å². The number of nitrogens with zero attached hydrogens (tertiary/aromatic N) is 8. The Kier molecular flexibility index (Phi) is 12.5. The van der Waals surface area contributed by atoms with E-state index >= 15 is 8.78 Å². The lowest BCUT2D eigenvalue weighted by molar-refractivity contribution is -0.205.